The van der Waals surface area contributed by atoms with Gasteiger partial charge in [-0.3, -0.25) is 43.3 Å². The molecule has 2 aromatic heterocycles. The van der Waals surface area contributed by atoms with E-state index in [-0.39, 0.29) is 69.2 Å². The number of nitrogens with zero attached hydrogens (tertiary/aromatic N) is 4. The van der Waals surface area contributed by atoms with E-state index >= 15 is 0 Å². The van der Waals surface area contributed by atoms with Gasteiger partial charge in [0, 0.05) is 50.1 Å². The molecule has 0 bridgehead atoms. The maximum Gasteiger partial charge on any atom is 0.405 e. The lowest BCUT2D eigenvalue weighted by Gasteiger charge is -2.28. The van der Waals surface area contributed by atoms with Crippen molar-refractivity contribution in [2.24, 2.45) is 0 Å². The van der Waals surface area contributed by atoms with Crippen LogP contribution in [0.5, 0.6) is 0 Å². The maximum atomic E-state index is 13.6. The molecule has 0 fully saturated rings. The fourth-order valence-electron chi connectivity index (χ4n) is 7.60. The van der Waals surface area contributed by atoms with Crippen molar-refractivity contribution in [3.8, 4) is 0 Å². The number of fused-ring (bicyclic) bond motifs is 3. The van der Waals surface area contributed by atoms with E-state index in [0.717, 1.165) is 10.3 Å². The lowest BCUT2D eigenvalue weighted by Crippen LogP contribution is -2.55. The number of imidazole rings is 1. The minimum Gasteiger partial charge on any atom is -0.465 e. The van der Waals surface area contributed by atoms with Crippen molar-refractivity contribution >= 4 is 81.1 Å². The van der Waals surface area contributed by atoms with Gasteiger partial charge in [0.25, 0.3) is 11.8 Å². The van der Waals surface area contributed by atoms with Gasteiger partial charge in [-0.05, 0) is 59.1 Å². The molecule has 0 spiro atoms. The number of unbranched alkanes of at least 4 members (excludes halogenated alkanes) is 2. The van der Waals surface area contributed by atoms with E-state index in [1.807, 2.05) is 42.8 Å². The van der Waals surface area contributed by atoms with Crippen molar-refractivity contribution in [3.63, 3.8) is 0 Å². The molecular weight excluding hydrogens is 935 g/mol. The summed E-state index contributed by atoms with van der Waals surface area (Å²) in [6.45, 7) is 8.44. The Balaban J connectivity index is 1.20. The van der Waals surface area contributed by atoms with Crippen LogP contribution in [0.25, 0.3) is 21.9 Å². The van der Waals surface area contributed by atoms with Crippen molar-refractivity contribution < 1.29 is 57.7 Å². The normalized spacial score (nSPS) is 12.9. The highest BCUT2D eigenvalue weighted by Crippen LogP contribution is 2.32. The van der Waals surface area contributed by atoms with Crippen molar-refractivity contribution in [3.05, 3.63) is 78.1 Å². The molecule has 4 aromatic rings. The first kappa shape index (κ1) is 55.1. The van der Waals surface area contributed by atoms with E-state index in [1.54, 1.807) is 56.3 Å². The Bertz CT molecular complexity index is 2650. The number of pyridine rings is 1. The minimum absolute atomic E-state index is 0.0481. The largest absolute Gasteiger partial charge is 0.465 e. The van der Waals surface area contributed by atoms with Crippen LogP contribution in [0.3, 0.4) is 0 Å². The molecule has 1 aliphatic rings. The number of hydrogen-bond acceptors (Lipinski definition) is 13. The van der Waals surface area contributed by atoms with Gasteiger partial charge in [-0.15, -0.1) is 0 Å². The second kappa shape index (κ2) is 25.9. The molecule has 3 heterocycles. The van der Waals surface area contributed by atoms with E-state index in [2.05, 4.69) is 31.9 Å². The van der Waals surface area contributed by atoms with Crippen LogP contribution in [-0.4, -0.2) is 141 Å². The lowest BCUT2D eigenvalue weighted by molar-refractivity contribution is -0.137. The Morgan fingerprint density at radius 1 is 0.764 bits per heavy atom. The summed E-state index contributed by atoms with van der Waals surface area (Å²) in [5.41, 5.74) is 0.128. The van der Waals surface area contributed by atoms with Gasteiger partial charge in [0.05, 0.1) is 49.4 Å². The van der Waals surface area contributed by atoms with Gasteiger partial charge in [-0.2, -0.15) is 0 Å². The van der Waals surface area contributed by atoms with E-state index in [0.29, 0.717) is 53.8 Å². The van der Waals surface area contributed by atoms with Gasteiger partial charge in [0.1, 0.15) is 29.5 Å². The van der Waals surface area contributed by atoms with Gasteiger partial charge in [0.2, 0.25) is 35.4 Å². The number of carbonyl (C=O) groups is 9. The van der Waals surface area contributed by atoms with Gasteiger partial charge in [0.15, 0.2) is 5.82 Å². The van der Waals surface area contributed by atoms with Crippen LogP contribution in [-0.2, 0) is 67.4 Å². The fourth-order valence-corrected chi connectivity index (χ4v) is 7.60. The molecule has 2 aromatic carbocycles. The molecule has 5 rings (SSSR count). The first-order valence-corrected chi connectivity index (χ1v) is 23.5. The molecule has 0 saturated carbocycles. The quantitative estimate of drug-likeness (QED) is 0.0296. The molecule has 72 heavy (non-hydrogen) atoms. The molecule has 1 aliphatic heterocycles. The lowest BCUT2D eigenvalue weighted by atomic mass is 10.0. The zero-order valence-electron chi connectivity index (χ0n) is 41.1. The highest BCUT2D eigenvalue weighted by atomic mass is 16.5. The molecular formula is C49H63N11O12. The molecule has 23 heteroatoms. The number of para-hydroxylation sites is 1. The molecule has 0 aliphatic carbocycles. The average Bonchev–Trinajstić information content (AvgIpc) is 3.86. The number of rotatable bonds is 28. The molecule has 23 nitrogen and oxygen atoms in total. The zero-order chi connectivity index (χ0) is 52.4. The number of benzene rings is 2. The molecule has 1 atom stereocenters. The van der Waals surface area contributed by atoms with Crippen molar-refractivity contribution in [2.45, 2.75) is 97.1 Å². The Morgan fingerprint density at radius 2 is 1.44 bits per heavy atom. The summed E-state index contributed by atoms with van der Waals surface area (Å²) < 4.78 is 14.1. The maximum absolute atomic E-state index is 13.6. The third kappa shape index (κ3) is 16.4. The first-order valence-electron chi connectivity index (χ1n) is 23.5. The summed E-state index contributed by atoms with van der Waals surface area (Å²) in [4.78, 5) is 123. The van der Waals surface area contributed by atoms with E-state index in [4.69, 9.17) is 24.5 Å². The van der Waals surface area contributed by atoms with Crippen LogP contribution >= 0.6 is 0 Å². The molecule has 0 radical (unpaired) electrons. The molecule has 386 valence electrons. The Labute approximate surface area is 415 Å². The predicted octanol–water partition coefficient (Wildman–Crippen LogP) is 1.58. The number of amides is 9. The smallest absolute Gasteiger partial charge is 0.405 e. The number of carboxylic acid groups (broad SMARTS) is 1. The topological polar surface area (TPSA) is 310 Å². The van der Waals surface area contributed by atoms with Crippen LogP contribution in [0.2, 0.25) is 0 Å². The van der Waals surface area contributed by atoms with E-state index in [1.165, 1.54) is 12.2 Å². The summed E-state index contributed by atoms with van der Waals surface area (Å²) >= 11 is 0. The Hall–Kier alpha value is -7.79. The monoisotopic (exact) mass is 997 g/mol. The Kier molecular flexibility index (Phi) is 19.8. The van der Waals surface area contributed by atoms with Crippen LogP contribution in [0.1, 0.15) is 71.7 Å². The third-order valence-electron chi connectivity index (χ3n) is 11.2. The van der Waals surface area contributed by atoms with Crippen molar-refractivity contribution in [1.29, 1.82) is 0 Å². The third-order valence-corrected chi connectivity index (χ3v) is 11.2. The minimum atomic E-state index is -1.41. The number of nitrogens with one attached hydrogen (secondary N) is 7. The Morgan fingerprint density at radius 3 is 2.15 bits per heavy atom. The van der Waals surface area contributed by atoms with Gasteiger partial charge in [-0.1, -0.05) is 55.0 Å². The van der Waals surface area contributed by atoms with Gasteiger partial charge < -0.3 is 56.4 Å². The van der Waals surface area contributed by atoms with Gasteiger partial charge >= 0.3 is 6.09 Å². The summed E-state index contributed by atoms with van der Waals surface area (Å²) in [5, 5.41) is 27.2. The van der Waals surface area contributed by atoms with Crippen molar-refractivity contribution in [2.75, 3.05) is 51.3 Å². The summed E-state index contributed by atoms with van der Waals surface area (Å²) in [6.07, 6.45) is 2.97. The number of carbonyl (C=O) groups excluding carboxylic acids is 8. The van der Waals surface area contributed by atoms with Crippen LogP contribution < -0.4 is 37.2 Å². The highest BCUT2D eigenvalue weighted by Gasteiger charge is 2.31. The number of anilines is 1. The number of hydrogen-bond donors (Lipinski definition) is 8. The highest BCUT2D eigenvalue weighted by molar-refractivity contribution is 6.13. The summed E-state index contributed by atoms with van der Waals surface area (Å²) in [7, 11) is 0. The molecule has 8 N–H and O–H groups in total. The molecule has 0 saturated heterocycles. The van der Waals surface area contributed by atoms with Crippen LogP contribution in [0, 0.1) is 0 Å². The SMILES string of the molecule is CCOCc1nc2c(NC(=O)CNC(=O)C(Cc3ccccc3)NC(=O)CNC(=O)CNC(=O)O)nc3ccccc3c2n1CC(C)(C)OCCNC(=O)C(C)(C)NC(=O)CCCCCN1C(=O)C=CC1=O. The second-order valence-electron chi connectivity index (χ2n) is 17.9. The number of aromatic nitrogens is 3. The summed E-state index contributed by atoms with van der Waals surface area (Å²) in [5.74, 6) is -3.59. The molecule has 1 unspecified atom stereocenters. The van der Waals surface area contributed by atoms with Gasteiger partial charge in [-0.25, -0.2) is 14.8 Å². The standard InChI is InChI=1S/C49H63N11O12/c1-6-71-29-35-56-42-43(60(35)30-48(2,3)72-24-22-50-46(68)49(4,5)58-36(61)19-11-8-14-23-59-40(65)20-21-41(59)66)32-17-12-13-18-33(32)55-44(42)57-39(64)28-52-45(67)34(25-31-15-9-7-10-16-31)54-38(63)27-51-37(62)26-53-47(69)70/h7,9-10,12-13,15-18,20-21,34,53H,6,8,11,14,19,22-30H2,1-5H3,(H,50,68)(H,51,62)(H,52,67)(H,54,63)(H,58,61)(H,69,70)(H,55,57,64). The number of ether oxygens (including phenoxy) is 2. The van der Waals surface area contributed by atoms with E-state index in [9.17, 15) is 43.2 Å². The summed E-state index contributed by atoms with van der Waals surface area (Å²) in [6, 6.07) is 15.0. The predicted molar refractivity (Wildman–Crippen MR) is 263 cm³/mol. The first-order chi connectivity index (χ1) is 34.3. The zero-order valence-corrected chi connectivity index (χ0v) is 41.1. The second-order valence-corrected chi connectivity index (χ2v) is 17.9. The van der Waals surface area contributed by atoms with Crippen LogP contribution in [0.15, 0.2) is 66.7 Å². The van der Waals surface area contributed by atoms with E-state index < -0.39 is 72.4 Å². The number of imide groups is 1. The molecule has 9 amide bonds. The fraction of sp³-hybridized carbons (Fsp3) is 0.449. The average molecular weight is 998 g/mol. The van der Waals surface area contributed by atoms with Crippen LogP contribution in [0.4, 0.5) is 10.6 Å². The van der Waals surface area contributed by atoms with Crippen molar-refractivity contribution in [1.82, 2.24) is 51.3 Å².